The van der Waals surface area contributed by atoms with Gasteiger partial charge in [-0.15, -0.1) is 5.10 Å². The van der Waals surface area contributed by atoms with Gasteiger partial charge < -0.3 is 5.32 Å². The molecule has 1 aromatic heterocycles. The van der Waals surface area contributed by atoms with Crippen LogP contribution in [0.3, 0.4) is 0 Å². The second-order valence-electron chi connectivity index (χ2n) is 4.10. The van der Waals surface area contributed by atoms with Crippen LogP contribution in [0.1, 0.15) is 31.7 Å². The van der Waals surface area contributed by atoms with E-state index < -0.39 is 5.03 Å². The summed E-state index contributed by atoms with van der Waals surface area (Å²) >= 11 is 5.68. The fourth-order valence-corrected chi connectivity index (χ4v) is 1.44. The van der Waals surface area contributed by atoms with Crippen molar-refractivity contribution in [3.8, 4) is 0 Å². The molecule has 114 valence electrons. The second kappa shape index (κ2) is 9.65. The van der Waals surface area contributed by atoms with Gasteiger partial charge in [0.15, 0.2) is 5.03 Å². The maximum absolute atomic E-state index is 10.5. The van der Waals surface area contributed by atoms with Crippen LogP contribution in [-0.2, 0) is 6.54 Å². The molecule has 0 unspecified atom stereocenters. The van der Waals surface area contributed by atoms with Gasteiger partial charge in [-0.05, 0) is 24.5 Å². The molecule has 0 amide bonds. The number of nitro groups is 1. The summed E-state index contributed by atoms with van der Waals surface area (Å²) in [5, 5.41) is 20.5. The van der Waals surface area contributed by atoms with Gasteiger partial charge in [0.1, 0.15) is 5.15 Å². The van der Waals surface area contributed by atoms with Crippen molar-refractivity contribution in [3.63, 3.8) is 0 Å². The standard InChI is InChI=1S/C12H17ClN6O2/c1-2-3-4-7-16-17-12(18-19(20)21)15-9-10-5-6-11(13)14-8-10/h5-8H,2-4,9H2,1H3,(H2,15,17,18)/b16-7+. The van der Waals surface area contributed by atoms with Crippen LogP contribution in [0.4, 0.5) is 0 Å². The smallest absolute Gasteiger partial charge is 0.278 e. The minimum Gasteiger partial charge on any atom is -0.346 e. The summed E-state index contributed by atoms with van der Waals surface area (Å²) in [4.78, 5) is 14.4. The minimum absolute atomic E-state index is 0.0392. The van der Waals surface area contributed by atoms with Crippen LogP contribution in [-0.4, -0.2) is 22.2 Å². The molecule has 1 heterocycles. The van der Waals surface area contributed by atoms with E-state index in [1.54, 1.807) is 24.5 Å². The van der Waals surface area contributed by atoms with E-state index in [-0.39, 0.29) is 5.96 Å². The number of unbranched alkanes of at least 4 members (excludes halogenated alkanes) is 2. The van der Waals surface area contributed by atoms with Gasteiger partial charge in [0.05, 0.1) is 0 Å². The van der Waals surface area contributed by atoms with E-state index in [0.29, 0.717) is 11.7 Å². The Morgan fingerprint density at radius 1 is 1.57 bits per heavy atom. The van der Waals surface area contributed by atoms with Crippen molar-refractivity contribution in [2.45, 2.75) is 32.7 Å². The first-order valence-corrected chi connectivity index (χ1v) is 6.84. The van der Waals surface area contributed by atoms with Crippen molar-refractivity contribution in [2.24, 2.45) is 10.2 Å². The highest BCUT2D eigenvalue weighted by Crippen LogP contribution is 2.04. The lowest BCUT2D eigenvalue weighted by atomic mass is 10.3. The number of hydrogen-bond donors (Lipinski definition) is 2. The topological polar surface area (TPSA) is 105 Å². The average molecular weight is 313 g/mol. The molecule has 2 N–H and O–H groups in total. The highest BCUT2D eigenvalue weighted by atomic mass is 35.5. The Bertz CT molecular complexity index is 503. The van der Waals surface area contributed by atoms with Gasteiger partial charge in [0, 0.05) is 19.0 Å². The van der Waals surface area contributed by atoms with Crippen molar-refractivity contribution >= 4 is 23.8 Å². The molecule has 0 radical (unpaired) electrons. The van der Waals surface area contributed by atoms with Gasteiger partial charge in [0.25, 0.3) is 5.96 Å². The molecule has 0 fully saturated rings. The van der Waals surface area contributed by atoms with E-state index in [9.17, 15) is 10.1 Å². The second-order valence-corrected chi connectivity index (χ2v) is 4.49. The van der Waals surface area contributed by atoms with Gasteiger partial charge in [-0.1, -0.05) is 36.4 Å². The Labute approximate surface area is 127 Å². The molecule has 0 aliphatic rings. The van der Waals surface area contributed by atoms with Gasteiger partial charge in [-0.25, -0.2) is 15.1 Å². The zero-order valence-corrected chi connectivity index (χ0v) is 12.4. The summed E-state index contributed by atoms with van der Waals surface area (Å²) < 4.78 is 0. The van der Waals surface area contributed by atoms with Gasteiger partial charge in [-0.2, -0.15) is 5.10 Å². The highest BCUT2D eigenvalue weighted by molar-refractivity contribution is 6.29. The Morgan fingerprint density at radius 2 is 2.38 bits per heavy atom. The number of nitrogens with zero attached hydrogens (tertiary/aromatic N) is 4. The summed E-state index contributed by atoms with van der Waals surface area (Å²) in [6.45, 7) is 2.38. The van der Waals surface area contributed by atoms with Crippen LogP contribution < -0.4 is 10.7 Å². The number of rotatable bonds is 7. The summed E-state index contributed by atoms with van der Waals surface area (Å²) in [7, 11) is 0. The zero-order chi connectivity index (χ0) is 15.5. The summed E-state index contributed by atoms with van der Waals surface area (Å²) in [6.07, 6.45) is 6.03. The molecule has 0 aliphatic heterocycles. The molecule has 21 heavy (non-hydrogen) atoms. The minimum atomic E-state index is -0.701. The molecule has 0 saturated carbocycles. The maximum atomic E-state index is 10.5. The lowest BCUT2D eigenvalue weighted by Crippen LogP contribution is -2.40. The summed E-state index contributed by atoms with van der Waals surface area (Å²) in [5.74, 6) is -0.0392. The molecule has 0 saturated heterocycles. The molecule has 0 atom stereocenters. The lowest BCUT2D eigenvalue weighted by Gasteiger charge is -2.05. The van der Waals surface area contributed by atoms with E-state index in [1.165, 1.54) is 0 Å². The SMILES string of the molecule is CCCC/C=N/N=C(\NCc1ccc(Cl)nc1)N[N+](=O)[O-]. The van der Waals surface area contributed by atoms with E-state index >= 15 is 0 Å². The third-order valence-electron chi connectivity index (χ3n) is 2.37. The molecule has 8 nitrogen and oxygen atoms in total. The van der Waals surface area contributed by atoms with E-state index in [2.05, 4.69) is 27.4 Å². The number of hydrogen-bond acceptors (Lipinski definition) is 5. The molecule has 0 spiro atoms. The van der Waals surface area contributed by atoms with E-state index in [0.717, 1.165) is 24.8 Å². The van der Waals surface area contributed by atoms with Crippen molar-refractivity contribution in [1.29, 1.82) is 0 Å². The molecule has 1 aromatic rings. The first kappa shape index (κ1) is 16.8. The van der Waals surface area contributed by atoms with Crippen molar-refractivity contribution < 1.29 is 5.03 Å². The summed E-state index contributed by atoms with van der Waals surface area (Å²) in [5.41, 5.74) is 2.77. The number of hydrazine groups is 1. The van der Waals surface area contributed by atoms with Gasteiger partial charge in [-0.3, -0.25) is 0 Å². The number of halogens is 1. The van der Waals surface area contributed by atoms with Gasteiger partial charge >= 0.3 is 0 Å². The molecule has 1 rings (SSSR count). The quantitative estimate of drug-likeness (QED) is 0.200. The predicted octanol–water partition coefficient (Wildman–Crippen LogP) is 2.14. The summed E-state index contributed by atoms with van der Waals surface area (Å²) in [6, 6.07) is 3.40. The number of aromatic nitrogens is 1. The average Bonchev–Trinajstić information content (AvgIpc) is 2.45. The maximum Gasteiger partial charge on any atom is 0.278 e. The molecule has 0 aliphatic carbocycles. The lowest BCUT2D eigenvalue weighted by molar-refractivity contribution is -0.525. The molecular weight excluding hydrogens is 296 g/mol. The van der Waals surface area contributed by atoms with Crippen LogP contribution in [0.5, 0.6) is 0 Å². The van der Waals surface area contributed by atoms with E-state index in [1.807, 2.05) is 5.43 Å². The monoisotopic (exact) mass is 312 g/mol. The fourth-order valence-electron chi connectivity index (χ4n) is 1.33. The van der Waals surface area contributed by atoms with Gasteiger partial charge in [0.2, 0.25) is 0 Å². The van der Waals surface area contributed by atoms with Crippen molar-refractivity contribution in [3.05, 3.63) is 39.2 Å². The normalized spacial score (nSPS) is 11.6. The Kier molecular flexibility index (Phi) is 7.73. The van der Waals surface area contributed by atoms with Crippen LogP contribution >= 0.6 is 11.6 Å². The largest absolute Gasteiger partial charge is 0.346 e. The fraction of sp³-hybridized carbons (Fsp3) is 0.417. The van der Waals surface area contributed by atoms with Crippen molar-refractivity contribution in [2.75, 3.05) is 0 Å². The third kappa shape index (κ3) is 7.83. The molecular formula is C12H17ClN6O2. The van der Waals surface area contributed by atoms with Crippen molar-refractivity contribution in [1.82, 2.24) is 15.7 Å². The highest BCUT2D eigenvalue weighted by Gasteiger charge is 2.05. The van der Waals surface area contributed by atoms with Crippen LogP contribution in [0.2, 0.25) is 5.15 Å². The molecule has 0 aromatic carbocycles. The molecule has 0 bridgehead atoms. The Hall–Kier alpha value is -2.22. The predicted molar refractivity (Wildman–Crippen MR) is 81.7 cm³/mol. The molecule has 9 heteroatoms. The Balaban J connectivity index is 2.56. The Morgan fingerprint density at radius 3 is 3.00 bits per heavy atom. The third-order valence-corrected chi connectivity index (χ3v) is 2.60. The number of nitrogens with one attached hydrogen (secondary N) is 2. The van der Waals surface area contributed by atoms with E-state index in [4.69, 9.17) is 11.6 Å². The first-order valence-electron chi connectivity index (χ1n) is 6.46. The zero-order valence-electron chi connectivity index (χ0n) is 11.6. The van der Waals surface area contributed by atoms with Crippen LogP contribution in [0.15, 0.2) is 28.5 Å². The van der Waals surface area contributed by atoms with Crippen LogP contribution in [0.25, 0.3) is 0 Å². The van der Waals surface area contributed by atoms with Crippen LogP contribution in [0, 0.1) is 10.1 Å². The number of pyridine rings is 1. The number of guanidine groups is 1. The first-order chi connectivity index (χ1) is 10.1.